The minimum absolute atomic E-state index is 0.00769. The van der Waals surface area contributed by atoms with Crippen LogP contribution in [0.5, 0.6) is 11.5 Å². The SMILES string of the molecule is CCC(=O)NCCCCCC(c1cc(C(C)(C)C)c(O)c(C(C)(C)C)c1)N(C(=O)CC)c1cc(C(C)(C)C)c(O)c(C(C)(C)C)c1. The number of phenolic OH excluding ortho intramolecular Hbond substituents is 2. The second-order valence-electron chi connectivity index (χ2n) is 17.0. The fraction of sp³-hybridized carbons (Fsp3) is 0.650. The van der Waals surface area contributed by atoms with Crippen molar-refractivity contribution >= 4 is 17.5 Å². The minimum atomic E-state index is -0.350. The van der Waals surface area contributed by atoms with Crippen LogP contribution in [0.2, 0.25) is 0 Å². The van der Waals surface area contributed by atoms with Gasteiger partial charge in [-0.1, -0.05) is 110 Å². The number of nitrogens with zero attached hydrogens (tertiary/aromatic N) is 1. The Morgan fingerprint density at radius 3 is 1.43 bits per heavy atom. The van der Waals surface area contributed by atoms with E-state index in [1.165, 1.54) is 0 Å². The predicted octanol–water partition coefficient (Wildman–Crippen LogP) is 9.86. The molecule has 0 aliphatic carbocycles. The number of carbonyl (C=O) groups excluding carboxylic acids is 2. The summed E-state index contributed by atoms with van der Waals surface area (Å²) < 4.78 is 0. The highest BCUT2D eigenvalue weighted by molar-refractivity contribution is 5.94. The number of hydrogen-bond donors (Lipinski definition) is 3. The van der Waals surface area contributed by atoms with E-state index in [0.29, 0.717) is 31.6 Å². The first-order valence-electron chi connectivity index (χ1n) is 17.3. The summed E-state index contributed by atoms with van der Waals surface area (Å²) in [5.41, 5.74) is 3.78. The molecule has 1 atom stereocenters. The van der Waals surface area contributed by atoms with Crippen LogP contribution in [-0.4, -0.2) is 28.6 Å². The standard InChI is InChI=1S/C40H64N2O4/c1-15-33(43)41-21-19-17-18-20-32(26-22-28(37(3,4)5)35(45)29(23-26)38(6,7)8)42(34(44)16-2)27-24-30(39(9,10)11)36(46)31(25-27)40(12,13)14/h22-25,32,45-46H,15-21H2,1-14H3,(H,41,43). The predicted molar refractivity (Wildman–Crippen MR) is 193 cm³/mol. The van der Waals surface area contributed by atoms with E-state index in [4.69, 9.17) is 0 Å². The molecule has 3 N–H and O–H groups in total. The van der Waals surface area contributed by atoms with E-state index in [9.17, 15) is 19.8 Å². The number of benzene rings is 2. The van der Waals surface area contributed by atoms with E-state index in [2.05, 4.69) is 101 Å². The van der Waals surface area contributed by atoms with Gasteiger partial charge in [-0.2, -0.15) is 0 Å². The highest BCUT2D eigenvalue weighted by atomic mass is 16.3. The first-order chi connectivity index (χ1) is 20.9. The van der Waals surface area contributed by atoms with Crippen LogP contribution in [0.3, 0.4) is 0 Å². The van der Waals surface area contributed by atoms with Gasteiger partial charge in [0.1, 0.15) is 11.5 Å². The number of anilines is 1. The first-order valence-corrected chi connectivity index (χ1v) is 17.3. The number of hydrogen-bond acceptors (Lipinski definition) is 4. The monoisotopic (exact) mass is 636 g/mol. The van der Waals surface area contributed by atoms with Crippen LogP contribution < -0.4 is 10.2 Å². The van der Waals surface area contributed by atoms with Crippen molar-refractivity contribution in [2.45, 2.75) is 163 Å². The summed E-state index contributed by atoms with van der Waals surface area (Å²) in [4.78, 5) is 27.9. The smallest absolute Gasteiger partial charge is 0.227 e. The van der Waals surface area contributed by atoms with E-state index < -0.39 is 0 Å². The van der Waals surface area contributed by atoms with Crippen molar-refractivity contribution in [3.63, 3.8) is 0 Å². The zero-order valence-electron chi connectivity index (χ0n) is 31.5. The molecule has 0 heterocycles. The van der Waals surface area contributed by atoms with Gasteiger partial charge in [0.05, 0.1) is 6.04 Å². The van der Waals surface area contributed by atoms with Crippen molar-refractivity contribution in [1.29, 1.82) is 0 Å². The number of carbonyl (C=O) groups is 2. The Kier molecular flexibility index (Phi) is 12.6. The number of unbranched alkanes of at least 4 members (excludes halogenated alkanes) is 2. The van der Waals surface area contributed by atoms with Gasteiger partial charge in [-0.3, -0.25) is 9.59 Å². The molecular formula is C40H64N2O4. The molecule has 0 saturated heterocycles. The number of aromatic hydroxyl groups is 2. The van der Waals surface area contributed by atoms with Gasteiger partial charge >= 0.3 is 0 Å². The molecule has 0 spiro atoms. The molecule has 0 aromatic heterocycles. The molecule has 0 bridgehead atoms. The van der Waals surface area contributed by atoms with Crippen molar-refractivity contribution in [1.82, 2.24) is 5.32 Å². The summed E-state index contributed by atoms with van der Waals surface area (Å²) in [5.74, 6) is 0.668. The normalized spacial score (nSPS) is 13.4. The van der Waals surface area contributed by atoms with Crippen molar-refractivity contribution in [2.24, 2.45) is 0 Å². The summed E-state index contributed by atoms with van der Waals surface area (Å²) in [6, 6.07) is 7.90. The van der Waals surface area contributed by atoms with Gasteiger partial charge in [-0.15, -0.1) is 0 Å². The maximum Gasteiger partial charge on any atom is 0.227 e. The van der Waals surface area contributed by atoms with Gasteiger partial charge in [-0.05, 0) is 75.5 Å². The van der Waals surface area contributed by atoms with Crippen molar-refractivity contribution < 1.29 is 19.8 Å². The second kappa shape index (κ2) is 14.8. The molecular weight excluding hydrogens is 572 g/mol. The van der Waals surface area contributed by atoms with Gasteiger partial charge < -0.3 is 20.4 Å². The highest BCUT2D eigenvalue weighted by Crippen LogP contribution is 2.46. The highest BCUT2D eigenvalue weighted by Gasteiger charge is 2.34. The molecule has 2 aromatic rings. The molecule has 0 aliphatic rings. The summed E-state index contributed by atoms with van der Waals surface area (Å²) in [6.45, 7) is 29.6. The molecule has 2 rings (SSSR count). The topological polar surface area (TPSA) is 89.9 Å². The minimum Gasteiger partial charge on any atom is -0.507 e. The Balaban J connectivity index is 2.90. The van der Waals surface area contributed by atoms with Crippen LogP contribution in [0.25, 0.3) is 0 Å². The molecule has 46 heavy (non-hydrogen) atoms. The molecule has 6 heteroatoms. The lowest BCUT2D eigenvalue weighted by Gasteiger charge is -2.37. The maximum absolute atomic E-state index is 14.2. The third-order valence-corrected chi connectivity index (χ3v) is 8.80. The summed E-state index contributed by atoms with van der Waals surface area (Å²) in [7, 11) is 0. The fourth-order valence-corrected chi connectivity index (χ4v) is 6.00. The molecule has 2 aromatic carbocycles. The van der Waals surface area contributed by atoms with Crippen LogP contribution in [0.1, 0.15) is 169 Å². The Bertz CT molecular complexity index is 1290. The number of rotatable bonds is 11. The zero-order valence-corrected chi connectivity index (χ0v) is 31.5. The van der Waals surface area contributed by atoms with Gasteiger partial charge in [0, 0.05) is 36.2 Å². The van der Waals surface area contributed by atoms with Crippen molar-refractivity contribution in [3.05, 3.63) is 52.1 Å². The molecule has 0 saturated carbocycles. The summed E-state index contributed by atoms with van der Waals surface area (Å²) in [5, 5.41) is 26.0. The largest absolute Gasteiger partial charge is 0.507 e. The third-order valence-electron chi connectivity index (χ3n) is 8.80. The Labute approximate surface area is 280 Å². The van der Waals surface area contributed by atoms with Crippen LogP contribution in [0.15, 0.2) is 24.3 Å². The van der Waals surface area contributed by atoms with Crippen LogP contribution in [-0.2, 0) is 31.2 Å². The van der Waals surface area contributed by atoms with Gasteiger partial charge in [0.25, 0.3) is 0 Å². The molecule has 0 radical (unpaired) electrons. The molecule has 0 aliphatic heterocycles. The molecule has 0 fully saturated rings. The lowest BCUT2D eigenvalue weighted by molar-refractivity contribution is -0.121. The average molecular weight is 637 g/mol. The second-order valence-corrected chi connectivity index (χ2v) is 17.0. The van der Waals surface area contributed by atoms with E-state index >= 15 is 0 Å². The Morgan fingerprint density at radius 1 is 0.652 bits per heavy atom. The van der Waals surface area contributed by atoms with Gasteiger partial charge in [0.15, 0.2) is 0 Å². The summed E-state index contributed by atoms with van der Waals surface area (Å²) >= 11 is 0. The first kappa shape index (κ1) is 39.2. The molecule has 2 amide bonds. The Morgan fingerprint density at radius 2 is 1.07 bits per heavy atom. The van der Waals surface area contributed by atoms with Crippen molar-refractivity contribution in [2.75, 3.05) is 11.4 Å². The van der Waals surface area contributed by atoms with E-state index in [0.717, 1.165) is 52.8 Å². The average Bonchev–Trinajstić information content (AvgIpc) is 2.91. The third kappa shape index (κ3) is 9.75. The number of amides is 2. The van der Waals surface area contributed by atoms with E-state index in [1.54, 1.807) is 0 Å². The van der Waals surface area contributed by atoms with Crippen LogP contribution >= 0.6 is 0 Å². The number of nitrogens with one attached hydrogen (secondary N) is 1. The fourth-order valence-electron chi connectivity index (χ4n) is 6.00. The molecule has 258 valence electrons. The maximum atomic E-state index is 14.2. The van der Waals surface area contributed by atoms with E-state index in [-0.39, 0.29) is 45.3 Å². The van der Waals surface area contributed by atoms with Crippen molar-refractivity contribution in [3.8, 4) is 11.5 Å². The van der Waals surface area contributed by atoms with Gasteiger partial charge in [0.2, 0.25) is 11.8 Å². The molecule has 1 unspecified atom stereocenters. The van der Waals surface area contributed by atoms with Crippen LogP contribution in [0, 0.1) is 0 Å². The quantitative estimate of drug-likeness (QED) is 0.214. The van der Waals surface area contributed by atoms with E-state index in [1.807, 2.05) is 30.9 Å². The lowest BCUT2D eigenvalue weighted by Crippen LogP contribution is -2.36. The van der Waals surface area contributed by atoms with Gasteiger partial charge in [-0.25, -0.2) is 0 Å². The Hall–Kier alpha value is -3.02. The lowest BCUT2D eigenvalue weighted by atomic mass is 9.77. The number of phenols is 2. The molecule has 6 nitrogen and oxygen atoms in total. The summed E-state index contributed by atoms with van der Waals surface area (Å²) in [6.07, 6.45) is 4.13. The van der Waals surface area contributed by atoms with Crippen LogP contribution in [0.4, 0.5) is 5.69 Å². The zero-order chi connectivity index (χ0) is 35.4.